The van der Waals surface area contributed by atoms with Gasteiger partial charge in [-0.25, -0.2) is 4.98 Å². The van der Waals surface area contributed by atoms with Crippen LogP contribution in [0.25, 0.3) is 22.6 Å². The normalized spacial score (nSPS) is 13.9. The highest BCUT2D eigenvalue weighted by Crippen LogP contribution is 2.42. The summed E-state index contributed by atoms with van der Waals surface area (Å²) < 4.78 is 12.7. The van der Waals surface area contributed by atoms with Crippen LogP contribution in [0.2, 0.25) is 0 Å². The van der Waals surface area contributed by atoms with E-state index in [1.165, 1.54) is 12.8 Å². The number of nitrogens with one attached hydrogen (secondary N) is 1. The highest BCUT2D eigenvalue weighted by molar-refractivity contribution is 5.77. The first kappa shape index (κ1) is 26.2. The van der Waals surface area contributed by atoms with E-state index in [4.69, 9.17) is 14.1 Å². The molecule has 0 aliphatic heterocycles. The van der Waals surface area contributed by atoms with Gasteiger partial charge in [0, 0.05) is 16.8 Å². The van der Waals surface area contributed by atoms with Crippen LogP contribution in [0.5, 0.6) is 0 Å². The summed E-state index contributed by atoms with van der Waals surface area (Å²) in [5.74, 6) is 0.604. The van der Waals surface area contributed by atoms with E-state index in [9.17, 15) is 0 Å². The second kappa shape index (κ2) is 11.7. The molecule has 7 rings (SSSR count). The quantitative estimate of drug-likeness (QED) is 0.182. The van der Waals surface area contributed by atoms with Crippen LogP contribution in [0.15, 0.2) is 138 Å². The Balaban J connectivity index is 1.40. The smallest absolute Gasteiger partial charge is 0.227 e. The molecule has 0 bridgehead atoms. The zero-order valence-electron chi connectivity index (χ0n) is 23.6. The molecule has 42 heavy (non-hydrogen) atoms. The maximum Gasteiger partial charge on any atom is 0.227 e. The Morgan fingerprint density at radius 1 is 0.690 bits per heavy atom. The number of ether oxygens (including phenoxy) is 1. The van der Waals surface area contributed by atoms with Gasteiger partial charge in [0.15, 0.2) is 5.58 Å². The summed E-state index contributed by atoms with van der Waals surface area (Å²) in [6, 6.07) is 46.4. The van der Waals surface area contributed by atoms with E-state index in [1.807, 2.05) is 24.3 Å². The van der Waals surface area contributed by atoms with E-state index in [1.54, 1.807) is 0 Å². The molecule has 0 atom stereocenters. The Morgan fingerprint density at radius 2 is 1.26 bits per heavy atom. The Kier molecular flexibility index (Phi) is 7.29. The largest absolute Gasteiger partial charge is 0.436 e. The molecule has 0 unspecified atom stereocenters. The number of benzene rings is 5. The Labute approximate surface area is 247 Å². The van der Waals surface area contributed by atoms with E-state index >= 15 is 0 Å². The highest BCUT2D eigenvalue weighted by Gasteiger charge is 2.37. The lowest BCUT2D eigenvalue weighted by Gasteiger charge is -2.38. The summed E-state index contributed by atoms with van der Waals surface area (Å²) in [6.07, 6.45) is 5.06. The number of oxazole rings is 1. The van der Waals surface area contributed by atoms with Crippen LogP contribution in [0.3, 0.4) is 0 Å². The summed E-state index contributed by atoms with van der Waals surface area (Å²) in [5, 5.41) is 4.08. The molecule has 208 valence electrons. The molecule has 4 nitrogen and oxygen atoms in total. The van der Waals surface area contributed by atoms with Crippen LogP contribution in [0, 0.1) is 0 Å². The number of para-hydroxylation sites is 2. The molecule has 1 aliphatic rings. The molecule has 1 aromatic heterocycles. The van der Waals surface area contributed by atoms with Crippen LogP contribution in [0.1, 0.15) is 47.9 Å². The average Bonchev–Trinajstić information content (AvgIpc) is 3.75. The molecular weight excluding hydrogens is 516 g/mol. The third-order valence-corrected chi connectivity index (χ3v) is 8.37. The fourth-order valence-electron chi connectivity index (χ4n) is 6.19. The Bertz CT molecular complexity index is 1630. The van der Waals surface area contributed by atoms with Crippen molar-refractivity contribution in [3.8, 4) is 11.5 Å². The minimum atomic E-state index is -0.661. The fourth-order valence-corrected chi connectivity index (χ4v) is 6.19. The van der Waals surface area contributed by atoms with Gasteiger partial charge in [0.05, 0.1) is 12.7 Å². The van der Waals surface area contributed by atoms with Gasteiger partial charge < -0.3 is 14.5 Å². The maximum atomic E-state index is 6.48. The first-order valence-electron chi connectivity index (χ1n) is 14.8. The van der Waals surface area contributed by atoms with Gasteiger partial charge in [0.25, 0.3) is 0 Å². The fraction of sp³-hybridized carbons (Fsp3) is 0.184. The van der Waals surface area contributed by atoms with E-state index < -0.39 is 5.54 Å². The lowest BCUT2D eigenvalue weighted by atomic mass is 9.76. The minimum absolute atomic E-state index is 0.316. The van der Waals surface area contributed by atoms with Gasteiger partial charge in [-0.05, 0) is 53.8 Å². The second-order valence-electron chi connectivity index (χ2n) is 11.0. The number of rotatable bonds is 9. The van der Waals surface area contributed by atoms with Crippen molar-refractivity contribution in [2.45, 2.75) is 43.9 Å². The standard InChI is InChI=1S/C38H34N2O2/c1-4-14-30(15-5-1)38(31-16-6-2-7-17-31,32-18-8-3-9-19-32)40-35-26-28(37-39-34-22-12-13-23-36(34)42-37)24-25-29(35)27-41-33-20-10-11-21-33/h1-9,12-19,22-26,33,40H,10-11,20-21,27H2. The van der Waals surface area contributed by atoms with Gasteiger partial charge in [-0.3, -0.25) is 0 Å². The van der Waals surface area contributed by atoms with Crippen LogP contribution < -0.4 is 5.32 Å². The van der Waals surface area contributed by atoms with Gasteiger partial charge in [-0.2, -0.15) is 0 Å². The summed E-state index contributed by atoms with van der Waals surface area (Å²) in [7, 11) is 0. The van der Waals surface area contributed by atoms with Crippen molar-refractivity contribution in [3.05, 3.63) is 156 Å². The van der Waals surface area contributed by atoms with E-state index in [-0.39, 0.29) is 0 Å². The monoisotopic (exact) mass is 550 g/mol. The van der Waals surface area contributed by atoms with Crippen LogP contribution in [-0.2, 0) is 16.9 Å². The van der Waals surface area contributed by atoms with Crippen molar-refractivity contribution >= 4 is 16.8 Å². The van der Waals surface area contributed by atoms with Gasteiger partial charge in [-0.15, -0.1) is 0 Å². The molecule has 6 aromatic rings. The lowest BCUT2D eigenvalue weighted by molar-refractivity contribution is 0.0459. The predicted octanol–water partition coefficient (Wildman–Crippen LogP) is 9.36. The van der Waals surface area contributed by atoms with Crippen molar-refractivity contribution in [2.75, 3.05) is 5.32 Å². The molecule has 1 aliphatic carbocycles. The predicted molar refractivity (Wildman–Crippen MR) is 169 cm³/mol. The second-order valence-corrected chi connectivity index (χ2v) is 11.0. The van der Waals surface area contributed by atoms with E-state index in [0.717, 1.165) is 57.4 Å². The summed E-state index contributed by atoms with van der Waals surface area (Å²) in [5.41, 5.74) is 7.43. The molecule has 0 saturated heterocycles. The van der Waals surface area contributed by atoms with Crippen molar-refractivity contribution in [1.82, 2.24) is 4.98 Å². The maximum absolute atomic E-state index is 6.48. The van der Waals surface area contributed by atoms with Crippen LogP contribution >= 0.6 is 0 Å². The zero-order chi connectivity index (χ0) is 28.2. The molecule has 1 saturated carbocycles. The highest BCUT2D eigenvalue weighted by atomic mass is 16.5. The number of hydrogen-bond donors (Lipinski definition) is 1. The van der Waals surface area contributed by atoms with E-state index in [2.05, 4.69) is 115 Å². The first-order valence-corrected chi connectivity index (χ1v) is 14.8. The van der Waals surface area contributed by atoms with Gasteiger partial charge >= 0.3 is 0 Å². The number of fused-ring (bicyclic) bond motifs is 1. The zero-order valence-corrected chi connectivity index (χ0v) is 23.6. The number of aromatic nitrogens is 1. The molecule has 1 heterocycles. The summed E-state index contributed by atoms with van der Waals surface area (Å²) in [4.78, 5) is 4.81. The molecule has 0 amide bonds. The number of anilines is 1. The van der Waals surface area contributed by atoms with Crippen molar-refractivity contribution in [3.63, 3.8) is 0 Å². The van der Waals surface area contributed by atoms with Crippen molar-refractivity contribution < 1.29 is 9.15 Å². The minimum Gasteiger partial charge on any atom is -0.436 e. The molecule has 1 fully saturated rings. The summed E-state index contributed by atoms with van der Waals surface area (Å²) in [6.45, 7) is 0.537. The molecule has 0 spiro atoms. The average molecular weight is 551 g/mol. The molecule has 1 N–H and O–H groups in total. The topological polar surface area (TPSA) is 47.3 Å². The number of hydrogen-bond acceptors (Lipinski definition) is 4. The Hall–Kier alpha value is -4.67. The first-order chi connectivity index (χ1) is 20.8. The van der Waals surface area contributed by atoms with Gasteiger partial charge in [-0.1, -0.05) is 122 Å². The van der Waals surface area contributed by atoms with Gasteiger partial charge in [0.2, 0.25) is 5.89 Å². The Morgan fingerprint density at radius 3 is 1.86 bits per heavy atom. The summed E-state index contributed by atoms with van der Waals surface area (Å²) >= 11 is 0. The van der Waals surface area contributed by atoms with E-state index in [0.29, 0.717) is 18.6 Å². The van der Waals surface area contributed by atoms with Crippen LogP contribution in [0.4, 0.5) is 5.69 Å². The van der Waals surface area contributed by atoms with Gasteiger partial charge in [0.1, 0.15) is 11.1 Å². The molecular formula is C38H34N2O2. The third kappa shape index (κ3) is 5.10. The molecule has 4 heteroatoms. The van der Waals surface area contributed by atoms with Crippen LogP contribution in [-0.4, -0.2) is 11.1 Å². The van der Waals surface area contributed by atoms with Crippen molar-refractivity contribution in [1.29, 1.82) is 0 Å². The number of nitrogens with zero attached hydrogens (tertiary/aromatic N) is 1. The third-order valence-electron chi connectivity index (χ3n) is 8.37. The SMILES string of the molecule is c1ccc(C(Nc2cc(-c3nc4ccccc4o3)ccc2COC2CCCC2)(c2ccccc2)c2ccccc2)cc1. The lowest BCUT2D eigenvalue weighted by Crippen LogP contribution is -2.38. The molecule has 0 radical (unpaired) electrons. The molecule has 5 aromatic carbocycles. The van der Waals surface area contributed by atoms with Crippen molar-refractivity contribution in [2.24, 2.45) is 0 Å².